The number of benzene rings is 4. The fourth-order valence-electron chi connectivity index (χ4n) is 4.87. The van der Waals surface area contributed by atoms with Gasteiger partial charge in [-0.1, -0.05) is 95.5 Å². The van der Waals surface area contributed by atoms with Crippen LogP contribution in [-0.2, 0) is 32.6 Å². The van der Waals surface area contributed by atoms with Crippen molar-refractivity contribution in [1.82, 2.24) is 10.2 Å². The Balaban J connectivity index is 1.82. The van der Waals surface area contributed by atoms with Crippen LogP contribution in [0.1, 0.15) is 22.3 Å². The normalized spacial score (nSPS) is 11.9. The zero-order valence-electron chi connectivity index (χ0n) is 24.1. The van der Waals surface area contributed by atoms with Crippen molar-refractivity contribution in [2.24, 2.45) is 0 Å². The fourth-order valence-corrected chi connectivity index (χ4v) is 6.69. The van der Waals surface area contributed by atoms with E-state index in [1.165, 1.54) is 24.1 Å². The summed E-state index contributed by atoms with van der Waals surface area (Å²) in [5, 5.41) is 3.32. The molecule has 4 aromatic carbocycles. The van der Waals surface area contributed by atoms with Gasteiger partial charge < -0.3 is 10.2 Å². The number of nitrogens with one attached hydrogen (secondary N) is 1. The minimum atomic E-state index is -4.17. The van der Waals surface area contributed by atoms with Crippen molar-refractivity contribution in [2.75, 3.05) is 17.9 Å². The van der Waals surface area contributed by atoms with E-state index < -0.39 is 28.5 Å². The molecular formula is C33H33Cl2N3O4S. The molecule has 0 saturated carbocycles. The van der Waals surface area contributed by atoms with Gasteiger partial charge in [0.25, 0.3) is 10.0 Å². The van der Waals surface area contributed by atoms with Gasteiger partial charge in [-0.3, -0.25) is 13.9 Å². The Bertz CT molecular complexity index is 1700. The Hall–Kier alpha value is -3.85. The van der Waals surface area contributed by atoms with Crippen molar-refractivity contribution >= 4 is 50.7 Å². The van der Waals surface area contributed by atoms with E-state index in [0.29, 0.717) is 26.9 Å². The number of anilines is 1. The molecule has 1 atom stereocenters. The summed E-state index contributed by atoms with van der Waals surface area (Å²) in [5.74, 6) is -0.948. The van der Waals surface area contributed by atoms with Crippen LogP contribution in [0.4, 0.5) is 5.69 Å². The molecule has 43 heavy (non-hydrogen) atoms. The molecule has 0 spiro atoms. The molecule has 0 saturated heterocycles. The van der Waals surface area contributed by atoms with Gasteiger partial charge in [-0.05, 0) is 60.9 Å². The third kappa shape index (κ3) is 7.76. The molecule has 0 aliphatic heterocycles. The van der Waals surface area contributed by atoms with Crippen LogP contribution in [0.25, 0.3) is 0 Å². The lowest BCUT2D eigenvalue weighted by atomic mass is 10.0. The molecule has 0 heterocycles. The second-order valence-electron chi connectivity index (χ2n) is 10.2. The molecule has 0 aromatic heterocycles. The van der Waals surface area contributed by atoms with Gasteiger partial charge in [0.1, 0.15) is 12.6 Å². The lowest BCUT2D eigenvalue weighted by molar-refractivity contribution is -0.139. The quantitative estimate of drug-likeness (QED) is 0.212. The maximum absolute atomic E-state index is 14.4. The van der Waals surface area contributed by atoms with Crippen molar-refractivity contribution in [2.45, 2.75) is 37.8 Å². The number of carbonyl (C=O) groups excluding carboxylic acids is 2. The van der Waals surface area contributed by atoms with E-state index in [-0.39, 0.29) is 23.8 Å². The number of likely N-dealkylation sites (N-methyl/N-ethyl adjacent to an activating group) is 1. The first-order valence-electron chi connectivity index (χ1n) is 13.6. The van der Waals surface area contributed by atoms with Gasteiger partial charge in [0.05, 0.1) is 20.6 Å². The number of sulfonamides is 1. The number of hydrogen-bond donors (Lipinski definition) is 1. The molecule has 10 heteroatoms. The minimum absolute atomic E-state index is 0.00720. The first-order valence-corrected chi connectivity index (χ1v) is 15.8. The van der Waals surface area contributed by atoms with Crippen molar-refractivity contribution < 1.29 is 18.0 Å². The van der Waals surface area contributed by atoms with Crippen LogP contribution in [0.15, 0.2) is 102 Å². The minimum Gasteiger partial charge on any atom is -0.357 e. The lowest BCUT2D eigenvalue weighted by Gasteiger charge is -2.34. The van der Waals surface area contributed by atoms with Crippen molar-refractivity contribution in [3.05, 3.63) is 129 Å². The van der Waals surface area contributed by atoms with Gasteiger partial charge in [0, 0.05) is 20.0 Å². The topological polar surface area (TPSA) is 86.8 Å². The third-order valence-corrected chi connectivity index (χ3v) is 9.60. The SMILES string of the molecule is CNC(=O)C(Cc1ccccc1)N(Cc1ccc(Cl)c(Cl)c1)C(=O)CN(c1ccc(C)cc1C)S(=O)(=O)c1ccccc1. The second-order valence-corrected chi connectivity index (χ2v) is 12.9. The van der Waals surface area contributed by atoms with E-state index >= 15 is 0 Å². The van der Waals surface area contributed by atoms with Crippen molar-refractivity contribution in [3.8, 4) is 0 Å². The lowest BCUT2D eigenvalue weighted by Crippen LogP contribution is -2.53. The summed E-state index contributed by atoms with van der Waals surface area (Å²) in [6.07, 6.45) is 0.211. The number of aryl methyl sites for hydroxylation is 2. The maximum Gasteiger partial charge on any atom is 0.264 e. The predicted molar refractivity (Wildman–Crippen MR) is 172 cm³/mol. The highest BCUT2D eigenvalue weighted by Gasteiger charge is 2.34. The summed E-state index contributed by atoms with van der Waals surface area (Å²) in [7, 11) is -2.66. The first-order chi connectivity index (χ1) is 20.5. The summed E-state index contributed by atoms with van der Waals surface area (Å²) in [4.78, 5) is 29.2. The Morgan fingerprint density at radius 2 is 1.47 bits per heavy atom. The van der Waals surface area contributed by atoms with E-state index in [9.17, 15) is 18.0 Å². The van der Waals surface area contributed by atoms with Crippen molar-refractivity contribution in [3.63, 3.8) is 0 Å². The van der Waals surface area contributed by atoms with E-state index in [2.05, 4.69) is 5.32 Å². The molecule has 0 aliphatic carbocycles. The van der Waals surface area contributed by atoms with Crippen LogP contribution in [0, 0.1) is 13.8 Å². The average molecular weight is 639 g/mol. The third-order valence-electron chi connectivity index (χ3n) is 7.09. The average Bonchev–Trinajstić information content (AvgIpc) is 3.00. The largest absolute Gasteiger partial charge is 0.357 e. The maximum atomic E-state index is 14.4. The monoisotopic (exact) mass is 637 g/mol. The van der Waals surface area contributed by atoms with E-state index in [1.807, 2.05) is 43.3 Å². The smallest absolute Gasteiger partial charge is 0.264 e. The van der Waals surface area contributed by atoms with Crippen LogP contribution in [0.2, 0.25) is 10.0 Å². The highest BCUT2D eigenvalue weighted by Crippen LogP contribution is 2.29. The zero-order chi connectivity index (χ0) is 31.1. The number of hydrogen-bond acceptors (Lipinski definition) is 4. The second kappa shape index (κ2) is 14.1. The van der Waals surface area contributed by atoms with Gasteiger partial charge in [-0.15, -0.1) is 0 Å². The molecule has 1 N–H and O–H groups in total. The van der Waals surface area contributed by atoms with Crippen molar-refractivity contribution in [1.29, 1.82) is 0 Å². The molecule has 224 valence electrons. The Morgan fingerprint density at radius 1 is 0.814 bits per heavy atom. The number of halogens is 2. The van der Waals surface area contributed by atoms with E-state index in [4.69, 9.17) is 23.2 Å². The number of carbonyl (C=O) groups is 2. The standard InChI is InChI=1S/C33H33Cl2N3O4S/c1-23-14-17-30(24(2)18-23)38(43(41,42)27-12-8-5-9-13-27)22-32(39)37(21-26-15-16-28(34)29(35)19-26)31(33(40)36-3)20-25-10-6-4-7-11-25/h4-19,31H,20-22H2,1-3H3,(H,36,40). The van der Waals surface area contributed by atoms with Crippen LogP contribution >= 0.6 is 23.2 Å². The molecule has 1 unspecified atom stereocenters. The fraction of sp³-hybridized carbons (Fsp3) is 0.212. The summed E-state index contributed by atoms with van der Waals surface area (Å²) in [6, 6.07) is 26.7. The Labute approximate surface area is 263 Å². The molecular weight excluding hydrogens is 605 g/mol. The van der Waals surface area contributed by atoms with Crippen LogP contribution < -0.4 is 9.62 Å². The molecule has 4 rings (SSSR count). The molecule has 0 radical (unpaired) electrons. The molecule has 2 amide bonds. The first kappa shape index (κ1) is 32.1. The predicted octanol–water partition coefficient (Wildman–Crippen LogP) is 6.19. The van der Waals surface area contributed by atoms with Crippen LogP contribution in [0.3, 0.4) is 0 Å². The highest BCUT2D eigenvalue weighted by molar-refractivity contribution is 7.92. The summed E-state index contributed by atoms with van der Waals surface area (Å²) >= 11 is 12.4. The Morgan fingerprint density at radius 3 is 2.07 bits per heavy atom. The van der Waals surface area contributed by atoms with Gasteiger partial charge in [-0.2, -0.15) is 0 Å². The molecule has 0 bridgehead atoms. The number of rotatable bonds is 11. The molecule has 0 fully saturated rings. The summed E-state index contributed by atoms with van der Waals surface area (Å²) < 4.78 is 29.2. The van der Waals surface area contributed by atoms with E-state index in [0.717, 1.165) is 15.4 Å². The molecule has 4 aromatic rings. The zero-order valence-corrected chi connectivity index (χ0v) is 26.5. The van der Waals surface area contributed by atoms with Crippen LogP contribution in [-0.4, -0.2) is 44.8 Å². The van der Waals surface area contributed by atoms with Gasteiger partial charge >= 0.3 is 0 Å². The number of amides is 2. The van der Waals surface area contributed by atoms with Gasteiger partial charge in [0.15, 0.2) is 0 Å². The summed E-state index contributed by atoms with van der Waals surface area (Å²) in [5.41, 5.74) is 3.49. The molecule has 7 nitrogen and oxygen atoms in total. The van der Waals surface area contributed by atoms with Gasteiger partial charge in [-0.25, -0.2) is 8.42 Å². The molecule has 0 aliphatic rings. The highest BCUT2D eigenvalue weighted by atomic mass is 35.5. The summed E-state index contributed by atoms with van der Waals surface area (Å²) in [6.45, 7) is 3.17. The van der Waals surface area contributed by atoms with Gasteiger partial charge in [0.2, 0.25) is 11.8 Å². The Kier molecular flexibility index (Phi) is 10.5. The number of nitrogens with zero attached hydrogens (tertiary/aromatic N) is 2. The van der Waals surface area contributed by atoms with E-state index in [1.54, 1.807) is 55.5 Å². The van der Waals surface area contributed by atoms with Crippen LogP contribution in [0.5, 0.6) is 0 Å².